The molecule has 2 N–H and O–H groups in total. The maximum absolute atomic E-state index is 12.3. The van der Waals surface area contributed by atoms with Gasteiger partial charge in [0.25, 0.3) is 0 Å². The van der Waals surface area contributed by atoms with E-state index in [4.69, 9.17) is 5.11 Å². The van der Waals surface area contributed by atoms with Crippen LogP contribution in [0.4, 0.5) is 26.3 Å². The van der Waals surface area contributed by atoms with E-state index >= 15 is 0 Å². The van der Waals surface area contributed by atoms with Crippen LogP contribution in [-0.2, 0) is 14.3 Å². The van der Waals surface area contributed by atoms with Gasteiger partial charge in [-0.25, -0.2) is 4.79 Å². The van der Waals surface area contributed by atoms with E-state index in [-0.39, 0.29) is 0 Å². The van der Waals surface area contributed by atoms with Crippen LogP contribution in [0.15, 0.2) is 0 Å². The van der Waals surface area contributed by atoms with Gasteiger partial charge in [0.1, 0.15) is 0 Å². The Labute approximate surface area is 101 Å². The SMILES string of the molecule is O=C(N[C@@]1(C(=O)O)CO[C@@H](C(F)(F)F)C1)C(F)(F)F. The second-order valence-electron chi connectivity index (χ2n) is 3.88. The van der Waals surface area contributed by atoms with Crippen molar-refractivity contribution < 1.29 is 45.8 Å². The molecule has 0 aliphatic carbocycles. The number of carbonyl (C=O) groups is 2. The van der Waals surface area contributed by atoms with Crippen LogP contribution in [-0.4, -0.2) is 47.6 Å². The van der Waals surface area contributed by atoms with Crippen LogP contribution >= 0.6 is 0 Å². The number of hydrogen-bond donors (Lipinski definition) is 2. The normalized spacial score (nSPS) is 28.2. The van der Waals surface area contributed by atoms with Crippen molar-refractivity contribution >= 4 is 11.9 Å². The molecule has 1 fully saturated rings. The van der Waals surface area contributed by atoms with E-state index in [1.54, 1.807) is 0 Å². The van der Waals surface area contributed by atoms with Crippen LogP contribution in [0, 0.1) is 0 Å². The highest BCUT2D eigenvalue weighted by atomic mass is 19.4. The molecule has 1 rings (SSSR count). The largest absolute Gasteiger partial charge is 0.479 e. The first-order chi connectivity index (χ1) is 8.38. The molecule has 11 heteroatoms. The lowest BCUT2D eigenvalue weighted by atomic mass is 9.95. The molecule has 1 saturated heterocycles. The zero-order chi connectivity index (χ0) is 15.1. The topological polar surface area (TPSA) is 75.6 Å². The van der Waals surface area contributed by atoms with Crippen molar-refractivity contribution in [1.82, 2.24) is 5.32 Å². The van der Waals surface area contributed by atoms with Crippen molar-refractivity contribution in [3.8, 4) is 0 Å². The third-order valence-corrected chi connectivity index (χ3v) is 2.45. The van der Waals surface area contributed by atoms with Crippen molar-refractivity contribution in [1.29, 1.82) is 0 Å². The molecule has 5 nitrogen and oxygen atoms in total. The number of halogens is 6. The van der Waals surface area contributed by atoms with E-state index in [0.29, 0.717) is 0 Å². The highest BCUT2D eigenvalue weighted by molar-refractivity contribution is 5.90. The van der Waals surface area contributed by atoms with Gasteiger partial charge in [-0.05, 0) is 0 Å². The van der Waals surface area contributed by atoms with Gasteiger partial charge >= 0.3 is 24.2 Å². The third-order valence-electron chi connectivity index (χ3n) is 2.45. The van der Waals surface area contributed by atoms with Gasteiger partial charge in [0.15, 0.2) is 11.6 Å². The average Bonchev–Trinajstić information content (AvgIpc) is 2.61. The average molecular weight is 295 g/mol. The number of carboxylic acid groups (broad SMARTS) is 1. The summed E-state index contributed by atoms with van der Waals surface area (Å²) in [5.74, 6) is -4.67. The minimum Gasteiger partial charge on any atom is -0.479 e. The summed E-state index contributed by atoms with van der Waals surface area (Å²) in [5, 5.41) is 9.78. The Morgan fingerprint density at radius 3 is 2.05 bits per heavy atom. The van der Waals surface area contributed by atoms with Gasteiger partial charge < -0.3 is 15.2 Å². The lowest BCUT2D eigenvalue weighted by Gasteiger charge is -2.24. The van der Waals surface area contributed by atoms with Gasteiger partial charge in [-0.15, -0.1) is 0 Å². The molecule has 1 heterocycles. The number of nitrogens with one attached hydrogen (secondary N) is 1. The number of alkyl halides is 6. The summed E-state index contributed by atoms with van der Waals surface area (Å²) in [7, 11) is 0. The fourth-order valence-corrected chi connectivity index (χ4v) is 1.47. The molecule has 19 heavy (non-hydrogen) atoms. The van der Waals surface area contributed by atoms with Crippen LogP contribution in [0.3, 0.4) is 0 Å². The second kappa shape index (κ2) is 4.54. The van der Waals surface area contributed by atoms with Crippen molar-refractivity contribution in [3.05, 3.63) is 0 Å². The first-order valence-corrected chi connectivity index (χ1v) is 4.69. The lowest BCUT2D eigenvalue weighted by Crippen LogP contribution is -2.58. The summed E-state index contributed by atoms with van der Waals surface area (Å²) in [6, 6.07) is 0. The minimum atomic E-state index is -5.40. The van der Waals surface area contributed by atoms with E-state index in [1.807, 2.05) is 0 Å². The predicted octanol–water partition coefficient (Wildman–Crippen LogP) is 0.839. The van der Waals surface area contributed by atoms with Crippen LogP contribution in [0.2, 0.25) is 0 Å². The number of amides is 1. The summed E-state index contributed by atoms with van der Waals surface area (Å²) in [4.78, 5) is 21.5. The summed E-state index contributed by atoms with van der Waals surface area (Å²) >= 11 is 0. The summed E-state index contributed by atoms with van der Waals surface area (Å²) in [5.41, 5.74) is -2.74. The number of carboxylic acids is 1. The van der Waals surface area contributed by atoms with Gasteiger partial charge in [0, 0.05) is 6.42 Å². The Hall–Kier alpha value is -1.52. The number of hydrogen-bond acceptors (Lipinski definition) is 3. The maximum atomic E-state index is 12.3. The van der Waals surface area contributed by atoms with Gasteiger partial charge in [-0.3, -0.25) is 4.79 Å². The molecule has 0 aromatic heterocycles. The van der Waals surface area contributed by atoms with Crippen LogP contribution in [0.1, 0.15) is 6.42 Å². The Balaban J connectivity index is 2.91. The molecular formula is C8H7F6NO4. The number of ether oxygens (including phenoxy) is 1. The molecule has 2 atom stereocenters. The zero-order valence-corrected chi connectivity index (χ0v) is 8.93. The Morgan fingerprint density at radius 1 is 1.21 bits per heavy atom. The van der Waals surface area contributed by atoms with Crippen molar-refractivity contribution in [2.75, 3.05) is 6.61 Å². The molecule has 0 aromatic rings. The minimum absolute atomic E-state index is 1.05. The molecule has 0 bridgehead atoms. The molecule has 110 valence electrons. The van der Waals surface area contributed by atoms with Crippen LogP contribution < -0.4 is 5.32 Å². The smallest absolute Gasteiger partial charge is 0.471 e. The molecule has 1 aliphatic heterocycles. The third kappa shape index (κ3) is 3.28. The summed E-state index contributed by atoms with van der Waals surface area (Å²) < 4.78 is 77.0. The highest BCUT2D eigenvalue weighted by Crippen LogP contribution is 2.35. The van der Waals surface area contributed by atoms with Crippen LogP contribution in [0.25, 0.3) is 0 Å². The highest BCUT2D eigenvalue weighted by Gasteiger charge is 2.58. The molecule has 0 unspecified atom stereocenters. The van der Waals surface area contributed by atoms with Crippen LogP contribution in [0.5, 0.6) is 0 Å². The van der Waals surface area contributed by atoms with E-state index in [9.17, 15) is 35.9 Å². The molecule has 0 saturated carbocycles. The summed E-state index contributed by atoms with van der Waals surface area (Å²) in [6.45, 7) is -1.20. The van der Waals surface area contributed by atoms with Gasteiger partial charge in [0.05, 0.1) is 6.61 Å². The summed E-state index contributed by atoms with van der Waals surface area (Å²) in [6.07, 6.45) is -14.2. The number of rotatable bonds is 2. The van der Waals surface area contributed by atoms with Gasteiger partial charge in [0.2, 0.25) is 0 Å². The van der Waals surface area contributed by atoms with E-state index in [0.717, 1.165) is 5.32 Å². The lowest BCUT2D eigenvalue weighted by molar-refractivity contribution is -0.206. The van der Waals surface area contributed by atoms with E-state index in [2.05, 4.69) is 4.74 Å². The maximum Gasteiger partial charge on any atom is 0.471 e. The van der Waals surface area contributed by atoms with E-state index in [1.165, 1.54) is 0 Å². The second-order valence-corrected chi connectivity index (χ2v) is 3.88. The van der Waals surface area contributed by atoms with Crippen molar-refractivity contribution in [3.63, 3.8) is 0 Å². The molecule has 0 radical (unpaired) electrons. The molecule has 0 spiro atoms. The Bertz CT molecular complexity index is 392. The molecule has 0 aromatic carbocycles. The first-order valence-electron chi connectivity index (χ1n) is 4.69. The predicted molar refractivity (Wildman–Crippen MR) is 45.0 cm³/mol. The fourth-order valence-electron chi connectivity index (χ4n) is 1.47. The number of aliphatic carboxylic acids is 1. The first kappa shape index (κ1) is 15.5. The number of carbonyl (C=O) groups excluding carboxylic acids is 1. The molecule has 1 amide bonds. The van der Waals surface area contributed by atoms with Crippen molar-refractivity contribution in [2.45, 2.75) is 30.4 Å². The van der Waals surface area contributed by atoms with Gasteiger partial charge in [-0.2, -0.15) is 26.3 Å². The molecular weight excluding hydrogens is 288 g/mol. The molecule has 1 aliphatic rings. The monoisotopic (exact) mass is 295 g/mol. The zero-order valence-electron chi connectivity index (χ0n) is 8.93. The Morgan fingerprint density at radius 2 is 1.74 bits per heavy atom. The van der Waals surface area contributed by atoms with E-state index < -0.39 is 48.9 Å². The standard InChI is InChI=1S/C8H7F6NO4/c9-7(10,11)3-1-6(2-19-3,5(17)18)15-4(16)8(12,13)14/h3H,1-2H2,(H,15,16)(H,17,18)/t3-,6-/m1/s1. The quantitative estimate of drug-likeness (QED) is 0.740. The van der Waals surface area contributed by atoms with Gasteiger partial charge in [-0.1, -0.05) is 0 Å². The fraction of sp³-hybridized carbons (Fsp3) is 0.750. The Kier molecular flexibility index (Phi) is 3.72. The van der Waals surface area contributed by atoms with Crippen molar-refractivity contribution in [2.24, 2.45) is 0 Å².